The Morgan fingerprint density at radius 1 is 0.642 bits per heavy atom. The van der Waals surface area contributed by atoms with Crippen molar-refractivity contribution in [1.29, 1.82) is 0 Å². The Hall–Kier alpha value is -7.02. The second-order valence-electron chi connectivity index (χ2n) is 11.8. The van der Waals surface area contributed by atoms with Gasteiger partial charge in [-0.2, -0.15) is 10.2 Å². The number of Topliss-reactive ketones (excluding diaryl/α,β-unsaturated/α-hetero) is 2. The van der Waals surface area contributed by atoms with Gasteiger partial charge in [-0.25, -0.2) is 14.3 Å². The van der Waals surface area contributed by atoms with Gasteiger partial charge in [0.1, 0.15) is 22.8 Å². The molecule has 0 aliphatic carbocycles. The van der Waals surface area contributed by atoms with E-state index in [-0.39, 0.29) is 45.2 Å². The monoisotopic (exact) mass is 707 g/mol. The number of aromatic nitrogens is 7. The van der Waals surface area contributed by atoms with E-state index < -0.39 is 0 Å². The average Bonchev–Trinajstić information content (AvgIpc) is 3.70. The van der Waals surface area contributed by atoms with Gasteiger partial charge in [-0.15, -0.1) is 0 Å². The number of pyridine rings is 1. The third-order valence-electron chi connectivity index (χ3n) is 8.36. The second kappa shape index (κ2) is 15.9. The quantitative estimate of drug-likeness (QED) is 0.126. The molecular weight excluding hydrogens is 670 g/mol. The summed E-state index contributed by atoms with van der Waals surface area (Å²) >= 11 is 0. The van der Waals surface area contributed by atoms with Gasteiger partial charge in [0, 0.05) is 53.9 Å². The molecule has 0 aliphatic heterocycles. The molecule has 0 atom stereocenters. The highest BCUT2D eigenvalue weighted by Crippen LogP contribution is 2.30. The summed E-state index contributed by atoms with van der Waals surface area (Å²) in [6.07, 6.45) is 4.87. The molecule has 4 heterocycles. The number of nitrogens with one attached hydrogen (secondary N) is 3. The van der Waals surface area contributed by atoms with Gasteiger partial charge in [-0.1, -0.05) is 78.9 Å². The number of aryl methyl sites for hydroxylation is 2. The predicted octanol–water partition coefficient (Wildman–Crippen LogP) is 7.02. The molecule has 3 N–H and O–H groups in total. The van der Waals surface area contributed by atoms with Crippen LogP contribution in [-0.4, -0.2) is 46.1 Å². The van der Waals surface area contributed by atoms with Gasteiger partial charge in [0.25, 0.3) is 11.1 Å². The fraction of sp³-hybridized carbons (Fsp3) is 0.150. The Morgan fingerprint density at radius 3 is 1.64 bits per heavy atom. The van der Waals surface area contributed by atoms with Crippen molar-refractivity contribution in [3.63, 3.8) is 0 Å². The van der Waals surface area contributed by atoms with Gasteiger partial charge in [0.05, 0.1) is 16.6 Å². The number of H-pyrrole nitrogens is 1. The molecule has 0 unspecified atom stereocenters. The van der Waals surface area contributed by atoms with Crippen molar-refractivity contribution in [2.75, 3.05) is 10.6 Å². The Bertz CT molecular complexity index is 2520. The second-order valence-corrected chi connectivity index (χ2v) is 11.8. The molecule has 0 spiro atoms. The summed E-state index contributed by atoms with van der Waals surface area (Å²) in [6, 6.07) is 28.2. The summed E-state index contributed by atoms with van der Waals surface area (Å²) in [5, 5.41) is 15.9. The Balaban J connectivity index is 0.000000185. The van der Waals surface area contributed by atoms with Crippen molar-refractivity contribution in [2.45, 2.75) is 40.8 Å². The molecule has 0 bridgehead atoms. The van der Waals surface area contributed by atoms with Gasteiger partial charge in [-0.3, -0.25) is 24.2 Å². The van der Waals surface area contributed by atoms with E-state index in [2.05, 4.69) is 35.8 Å². The highest BCUT2D eigenvalue weighted by Gasteiger charge is 2.24. The normalized spacial score (nSPS) is 10.7. The van der Waals surface area contributed by atoms with Crippen LogP contribution in [0.25, 0.3) is 33.4 Å². The molecule has 7 rings (SSSR count). The molecule has 266 valence electrons. The molecule has 3 aromatic carbocycles. The van der Waals surface area contributed by atoms with Crippen molar-refractivity contribution in [2.24, 2.45) is 0 Å². The minimum Gasteiger partial charge on any atom is -0.350 e. The third-order valence-corrected chi connectivity index (χ3v) is 8.36. The van der Waals surface area contributed by atoms with Crippen LogP contribution in [-0.2, 0) is 13.1 Å². The molecule has 0 aliphatic rings. The highest BCUT2D eigenvalue weighted by atomic mass is 16.1. The topological polar surface area (TPSA) is 170 Å². The minimum absolute atomic E-state index is 0.174. The van der Waals surface area contributed by atoms with E-state index in [4.69, 9.17) is 0 Å². The zero-order chi connectivity index (χ0) is 37.5. The number of para-hydroxylation sites is 1. The molecule has 13 nitrogen and oxygen atoms in total. The first-order chi connectivity index (χ1) is 25.7. The van der Waals surface area contributed by atoms with Crippen LogP contribution in [0, 0.1) is 0 Å². The first-order valence-electron chi connectivity index (χ1n) is 17.0. The minimum atomic E-state index is -0.362. The largest absolute Gasteiger partial charge is 0.350 e. The molecule has 13 heteroatoms. The molecule has 0 amide bonds. The molecule has 53 heavy (non-hydrogen) atoms. The van der Waals surface area contributed by atoms with Crippen LogP contribution >= 0.6 is 0 Å². The Labute approximate surface area is 304 Å². The maximum Gasteiger partial charge on any atom is 0.291 e. The van der Waals surface area contributed by atoms with Crippen molar-refractivity contribution in [1.82, 2.24) is 34.5 Å². The van der Waals surface area contributed by atoms with E-state index in [1.807, 2.05) is 98.8 Å². The number of anilines is 4. The van der Waals surface area contributed by atoms with E-state index in [1.54, 1.807) is 24.7 Å². The van der Waals surface area contributed by atoms with E-state index in [0.29, 0.717) is 36.1 Å². The number of nitrogens with zero attached hydrogens (tertiary/aromatic N) is 6. The molecular formula is C40H37N9O4. The molecule has 4 aromatic heterocycles. The predicted molar refractivity (Wildman–Crippen MR) is 206 cm³/mol. The first-order valence-corrected chi connectivity index (χ1v) is 17.0. The molecule has 0 saturated heterocycles. The summed E-state index contributed by atoms with van der Waals surface area (Å²) in [5.41, 5.74) is 4.26. The number of hydrogen-bond acceptors (Lipinski definition) is 10. The lowest BCUT2D eigenvalue weighted by molar-refractivity contribution is 0.101. The first kappa shape index (κ1) is 35.8. The lowest BCUT2D eigenvalue weighted by atomic mass is 10.0. The van der Waals surface area contributed by atoms with Crippen LogP contribution < -0.4 is 21.8 Å². The van der Waals surface area contributed by atoms with Gasteiger partial charge in [0.2, 0.25) is 5.95 Å². The summed E-state index contributed by atoms with van der Waals surface area (Å²) in [7, 11) is 0. The lowest BCUT2D eigenvalue weighted by Gasteiger charge is -2.17. The van der Waals surface area contributed by atoms with E-state index in [0.717, 1.165) is 22.0 Å². The highest BCUT2D eigenvalue weighted by molar-refractivity contribution is 6.06. The van der Waals surface area contributed by atoms with Crippen molar-refractivity contribution in [3.05, 3.63) is 141 Å². The van der Waals surface area contributed by atoms with Crippen LogP contribution in [0.3, 0.4) is 0 Å². The smallest absolute Gasteiger partial charge is 0.291 e. The van der Waals surface area contributed by atoms with Crippen LogP contribution in [0.4, 0.5) is 23.0 Å². The Morgan fingerprint density at radius 2 is 1.15 bits per heavy atom. The Kier molecular flexibility index (Phi) is 10.7. The molecule has 0 radical (unpaired) electrons. The summed E-state index contributed by atoms with van der Waals surface area (Å²) in [5.74, 6) is -0.0733. The number of rotatable bonds is 10. The van der Waals surface area contributed by atoms with Crippen LogP contribution in [0.2, 0.25) is 0 Å². The third kappa shape index (κ3) is 7.54. The molecule has 7 aromatic rings. The van der Waals surface area contributed by atoms with Gasteiger partial charge >= 0.3 is 0 Å². The van der Waals surface area contributed by atoms with E-state index in [1.165, 1.54) is 23.2 Å². The fourth-order valence-corrected chi connectivity index (χ4v) is 5.87. The van der Waals surface area contributed by atoms with E-state index >= 15 is 0 Å². The zero-order valence-electron chi connectivity index (χ0n) is 29.6. The number of fused-ring (bicyclic) bond motifs is 1. The zero-order valence-corrected chi connectivity index (χ0v) is 29.6. The summed E-state index contributed by atoms with van der Waals surface area (Å²) < 4.78 is 2.71. The molecule has 0 saturated carbocycles. The number of ketones is 2. The molecule has 0 fully saturated rings. The maximum absolute atomic E-state index is 13.1. The van der Waals surface area contributed by atoms with Crippen molar-refractivity contribution in [3.8, 4) is 22.5 Å². The average molecular weight is 708 g/mol. The van der Waals surface area contributed by atoms with E-state index in [9.17, 15) is 19.2 Å². The van der Waals surface area contributed by atoms with Gasteiger partial charge < -0.3 is 15.6 Å². The SMILES string of the molecule is CCn1nc(-c2ccccc2)c(C(C)=O)c(Nc2ccnc3ccccc23)c1=O.CCn1nc(-c2ccccc2)c(C(C)=O)c(Nc2ncc[nH]2)c1=O. The number of carbonyl (C=O) groups excluding carboxylic acids is 2. The number of aromatic amines is 1. The van der Waals surface area contributed by atoms with Crippen molar-refractivity contribution >= 4 is 45.5 Å². The van der Waals surface area contributed by atoms with Crippen LogP contribution in [0.15, 0.2) is 119 Å². The summed E-state index contributed by atoms with van der Waals surface area (Å²) in [4.78, 5) is 62.0. The number of benzene rings is 3. The van der Waals surface area contributed by atoms with Gasteiger partial charge in [0.15, 0.2) is 11.6 Å². The summed E-state index contributed by atoms with van der Waals surface area (Å²) in [6.45, 7) is 7.34. The number of imidazole rings is 1. The van der Waals surface area contributed by atoms with Gasteiger partial charge in [-0.05, 0) is 39.8 Å². The van der Waals surface area contributed by atoms with Crippen LogP contribution in [0.1, 0.15) is 48.4 Å². The fourth-order valence-electron chi connectivity index (χ4n) is 5.87. The standard InChI is InChI=1S/C23H20N4O2.C17H17N5O2/c1-3-27-23(29)22(25-19-13-14-24-18-12-8-7-11-17(18)19)20(15(2)28)21(26-27)16-9-5-4-6-10-16;1-3-22-16(24)15(20-17-18-9-10-19-17)13(11(2)23)14(21-22)12-7-5-4-6-8-12/h4-14H,3H2,1-2H3,(H,24,25);4-10H,3H2,1-2H3,(H2,18,19,20). The van der Waals surface area contributed by atoms with Crippen molar-refractivity contribution < 1.29 is 9.59 Å². The lowest BCUT2D eigenvalue weighted by Crippen LogP contribution is -2.28. The number of hydrogen-bond donors (Lipinski definition) is 3. The van der Waals surface area contributed by atoms with Crippen LogP contribution in [0.5, 0.6) is 0 Å². The number of carbonyl (C=O) groups is 2. The maximum atomic E-state index is 13.1.